The van der Waals surface area contributed by atoms with E-state index in [-0.39, 0.29) is 17.6 Å². The standard InChI is InChI=1S/C26H30N4O2S/c1-18-16-23-24(33-18)9-10-27-25(23)30-11-3-4-21(17-30)26(32)29-14-12-28(13-15-29)22-7-5-20(6-8-22)19(2)31/h5-10,16,21H,3-4,11-15,17H2,1-2H3. The summed E-state index contributed by atoms with van der Waals surface area (Å²) in [5.74, 6) is 1.41. The molecule has 6 nitrogen and oxygen atoms in total. The highest BCUT2D eigenvalue weighted by Gasteiger charge is 2.32. The molecule has 0 spiro atoms. The molecule has 1 amide bonds. The van der Waals surface area contributed by atoms with E-state index in [4.69, 9.17) is 4.98 Å². The van der Waals surface area contributed by atoms with Gasteiger partial charge in [0.05, 0.1) is 5.92 Å². The lowest BCUT2D eigenvalue weighted by molar-refractivity contribution is -0.136. The quantitative estimate of drug-likeness (QED) is 0.539. The van der Waals surface area contributed by atoms with E-state index in [2.05, 4.69) is 28.9 Å². The number of carbonyl (C=O) groups is 2. The summed E-state index contributed by atoms with van der Waals surface area (Å²) in [7, 11) is 0. The van der Waals surface area contributed by atoms with Gasteiger partial charge in [0.15, 0.2) is 5.78 Å². The van der Waals surface area contributed by atoms with Crippen molar-refractivity contribution in [2.75, 3.05) is 49.1 Å². The molecule has 7 heteroatoms. The first-order chi connectivity index (χ1) is 16.0. The number of piperidine rings is 1. The summed E-state index contributed by atoms with van der Waals surface area (Å²) in [5.41, 5.74) is 1.85. The third kappa shape index (κ3) is 4.47. The molecule has 1 atom stereocenters. The van der Waals surface area contributed by atoms with Crippen molar-refractivity contribution in [1.29, 1.82) is 0 Å². The fourth-order valence-electron chi connectivity index (χ4n) is 5.05. The molecule has 2 aromatic heterocycles. The maximum absolute atomic E-state index is 13.4. The normalized spacial score (nSPS) is 19.2. The van der Waals surface area contributed by atoms with Gasteiger partial charge in [0.25, 0.3) is 0 Å². The van der Waals surface area contributed by atoms with Gasteiger partial charge >= 0.3 is 0 Å². The molecule has 172 valence electrons. The van der Waals surface area contributed by atoms with E-state index in [0.717, 1.165) is 69.2 Å². The van der Waals surface area contributed by atoms with Crippen molar-refractivity contribution in [2.45, 2.75) is 26.7 Å². The Morgan fingerprint density at radius 1 is 1.00 bits per heavy atom. The van der Waals surface area contributed by atoms with Gasteiger partial charge in [0, 0.05) is 71.7 Å². The molecule has 4 heterocycles. The Bertz CT molecular complexity index is 1160. The van der Waals surface area contributed by atoms with E-state index >= 15 is 0 Å². The van der Waals surface area contributed by atoms with Crippen molar-refractivity contribution < 1.29 is 9.59 Å². The Balaban J connectivity index is 1.22. The van der Waals surface area contributed by atoms with Crippen LogP contribution in [0.3, 0.4) is 0 Å². The molecule has 1 aromatic carbocycles. The third-order valence-electron chi connectivity index (χ3n) is 6.85. The highest BCUT2D eigenvalue weighted by molar-refractivity contribution is 7.19. The minimum atomic E-state index is 0.0249. The zero-order valence-corrected chi connectivity index (χ0v) is 20.1. The molecule has 2 fully saturated rings. The molecule has 0 radical (unpaired) electrons. The Kier molecular flexibility index (Phi) is 6.06. The summed E-state index contributed by atoms with van der Waals surface area (Å²) in [6.07, 6.45) is 3.85. The fourth-order valence-corrected chi connectivity index (χ4v) is 5.96. The SMILES string of the molecule is CC(=O)c1ccc(N2CCN(C(=O)C3CCCN(c4nccc5sc(C)cc45)C3)CC2)cc1. The second kappa shape index (κ2) is 9.14. The largest absolute Gasteiger partial charge is 0.368 e. The maximum Gasteiger partial charge on any atom is 0.227 e. The predicted molar refractivity (Wildman–Crippen MR) is 135 cm³/mol. The molecule has 0 N–H and O–H groups in total. The van der Waals surface area contributed by atoms with Gasteiger partial charge in [-0.1, -0.05) is 0 Å². The number of aromatic nitrogens is 1. The van der Waals surface area contributed by atoms with Gasteiger partial charge in [-0.3, -0.25) is 9.59 Å². The number of hydrogen-bond donors (Lipinski definition) is 0. The summed E-state index contributed by atoms with van der Waals surface area (Å²) >= 11 is 1.80. The number of fused-ring (bicyclic) bond motifs is 1. The second-order valence-corrected chi connectivity index (χ2v) is 10.4. The molecule has 2 aliphatic rings. The number of piperazine rings is 1. The average Bonchev–Trinajstić information content (AvgIpc) is 3.24. The van der Waals surface area contributed by atoms with Gasteiger partial charge in [-0.05, 0) is 63.1 Å². The lowest BCUT2D eigenvalue weighted by atomic mass is 9.96. The second-order valence-electron chi connectivity index (χ2n) is 9.10. The summed E-state index contributed by atoms with van der Waals surface area (Å²) in [5, 5.41) is 1.21. The number of nitrogens with zero attached hydrogens (tertiary/aromatic N) is 4. The van der Waals surface area contributed by atoms with Crippen molar-refractivity contribution in [3.63, 3.8) is 0 Å². The number of benzene rings is 1. The van der Waals surface area contributed by atoms with Gasteiger partial charge in [0.2, 0.25) is 5.91 Å². The molecule has 0 saturated carbocycles. The fraction of sp³-hybridized carbons (Fsp3) is 0.423. The molecule has 5 rings (SSSR count). The number of aryl methyl sites for hydroxylation is 1. The average molecular weight is 463 g/mol. The Labute approximate surface area is 198 Å². The van der Waals surface area contributed by atoms with Crippen LogP contribution in [0.1, 0.15) is 35.0 Å². The van der Waals surface area contributed by atoms with Crippen LogP contribution >= 0.6 is 11.3 Å². The van der Waals surface area contributed by atoms with Crippen LogP contribution in [0.4, 0.5) is 11.5 Å². The van der Waals surface area contributed by atoms with Crippen LogP contribution in [0.25, 0.3) is 10.1 Å². The Morgan fingerprint density at radius 3 is 2.48 bits per heavy atom. The zero-order chi connectivity index (χ0) is 22.9. The van der Waals surface area contributed by atoms with Gasteiger partial charge in [-0.25, -0.2) is 4.98 Å². The molecule has 1 unspecified atom stereocenters. The number of hydrogen-bond acceptors (Lipinski definition) is 6. The molecule has 0 aliphatic carbocycles. The third-order valence-corrected chi connectivity index (χ3v) is 7.86. The van der Waals surface area contributed by atoms with Gasteiger partial charge in [0.1, 0.15) is 5.82 Å². The van der Waals surface area contributed by atoms with E-state index in [0.29, 0.717) is 0 Å². The molecule has 3 aromatic rings. The summed E-state index contributed by atoms with van der Waals surface area (Å²) in [4.78, 5) is 37.5. The van der Waals surface area contributed by atoms with Crippen LogP contribution in [-0.4, -0.2) is 60.8 Å². The number of Topliss-reactive ketones (excluding diaryl/α,β-unsaturated/α-hetero) is 1. The molecule has 33 heavy (non-hydrogen) atoms. The monoisotopic (exact) mass is 462 g/mol. The number of anilines is 2. The number of amides is 1. The van der Waals surface area contributed by atoms with E-state index < -0.39 is 0 Å². The number of carbonyl (C=O) groups excluding carboxylic acids is 2. The first kappa shape index (κ1) is 21.9. The topological polar surface area (TPSA) is 56.8 Å². The Hall–Kier alpha value is -2.93. The highest BCUT2D eigenvalue weighted by atomic mass is 32.1. The van der Waals surface area contributed by atoms with Crippen molar-refractivity contribution in [2.24, 2.45) is 5.92 Å². The van der Waals surface area contributed by atoms with E-state index in [1.165, 1.54) is 15.0 Å². The molecule has 2 aliphatic heterocycles. The van der Waals surface area contributed by atoms with Crippen molar-refractivity contribution >= 4 is 44.6 Å². The van der Waals surface area contributed by atoms with E-state index in [9.17, 15) is 9.59 Å². The molecular weight excluding hydrogens is 432 g/mol. The van der Waals surface area contributed by atoms with Gasteiger partial charge < -0.3 is 14.7 Å². The number of ketones is 1. The zero-order valence-electron chi connectivity index (χ0n) is 19.3. The van der Waals surface area contributed by atoms with Crippen molar-refractivity contribution in [1.82, 2.24) is 9.88 Å². The Morgan fingerprint density at radius 2 is 1.76 bits per heavy atom. The number of thiophene rings is 1. The number of rotatable bonds is 4. The van der Waals surface area contributed by atoms with Gasteiger partial charge in [-0.2, -0.15) is 0 Å². The van der Waals surface area contributed by atoms with Crippen LogP contribution in [0.15, 0.2) is 42.6 Å². The molecular formula is C26H30N4O2S. The van der Waals surface area contributed by atoms with Crippen LogP contribution in [0, 0.1) is 12.8 Å². The van der Waals surface area contributed by atoms with E-state index in [1.54, 1.807) is 18.3 Å². The van der Waals surface area contributed by atoms with Crippen LogP contribution in [-0.2, 0) is 4.79 Å². The van der Waals surface area contributed by atoms with Crippen LogP contribution in [0.2, 0.25) is 0 Å². The lowest BCUT2D eigenvalue weighted by Crippen LogP contribution is -2.52. The van der Waals surface area contributed by atoms with Crippen LogP contribution in [0.5, 0.6) is 0 Å². The maximum atomic E-state index is 13.4. The highest BCUT2D eigenvalue weighted by Crippen LogP contribution is 2.33. The lowest BCUT2D eigenvalue weighted by Gasteiger charge is -2.40. The van der Waals surface area contributed by atoms with Crippen molar-refractivity contribution in [3.05, 3.63) is 53.0 Å². The summed E-state index contributed by atoms with van der Waals surface area (Å²) in [6, 6.07) is 12.1. The first-order valence-corrected chi connectivity index (χ1v) is 12.6. The first-order valence-electron chi connectivity index (χ1n) is 11.7. The van der Waals surface area contributed by atoms with Gasteiger partial charge in [-0.15, -0.1) is 11.3 Å². The minimum Gasteiger partial charge on any atom is -0.368 e. The molecule has 2 saturated heterocycles. The van der Waals surface area contributed by atoms with Crippen molar-refractivity contribution in [3.8, 4) is 0 Å². The van der Waals surface area contributed by atoms with E-state index in [1.807, 2.05) is 35.4 Å². The summed E-state index contributed by atoms with van der Waals surface area (Å²) in [6.45, 7) is 8.52. The smallest absolute Gasteiger partial charge is 0.227 e. The predicted octanol–water partition coefficient (Wildman–Crippen LogP) is 4.37. The van der Waals surface area contributed by atoms with Crippen LogP contribution < -0.4 is 9.80 Å². The molecule has 0 bridgehead atoms. The number of pyridine rings is 1. The minimum absolute atomic E-state index is 0.0249. The summed E-state index contributed by atoms with van der Waals surface area (Å²) < 4.78 is 1.26.